The average Bonchev–Trinajstić information content (AvgIpc) is 3.90. The van der Waals surface area contributed by atoms with Gasteiger partial charge in [0, 0.05) is 19.3 Å². The van der Waals surface area contributed by atoms with Gasteiger partial charge >= 0.3 is 6.09 Å². The van der Waals surface area contributed by atoms with Gasteiger partial charge in [-0.1, -0.05) is 68.8 Å². The topological polar surface area (TPSA) is 158 Å². The SMILES string of the molecule is CCC[C@@H](C)[C@@H](/C(=C\NCN)c1ccc(-c2ccc(-c3cnc(C4[C@H]5CC[C@H](C5)N4C(=O)CNC(=O)OC)[nH]3)cc2)cc1)N(C)C(=O)CNC. The first kappa shape index (κ1) is 36.6. The van der Waals surface area contributed by atoms with Crippen molar-refractivity contribution < 1.29 is 19.1 Å². The molecule has 6 N–H and O–H groups in total. The van der Waals surface area contributed by atoms with Gasteiger partial charge in [0.1, 0.15) is 12.4 Å². The number of hydrogen-bond acceptors (Lipinski definition) is 8. The Morgan fingerprint density at radius 2 is 1.76 bits per heavy atom. The fourth-order valence-electron chi connectivity index (χ4n) is 7.79. The zero-order chi connectivity index (χ0) is 35.8. The normalized spacial score (nSPS) is 19.6. The van der Waals surface area contributed by atoms with Crippen molar-refractivity contribution in [1.29, 1.82) is 0 Å². The van der Waals surface area contributed by atoms with Crippen molar-refractivity contribution >= 4 is 23.5 Å². The van der Waals surface area contributed by atoms with Gasteiger partial charge in [0.25, 0.3) is 0 Å². The number of imidazole rings is 1. The maximum atomic E-state index is 13.1. The van der Waals surface area contributed by atoms with Crippen LogP contribution >= 0.6 is 0 Å². The van der Waals surface area contributed by atoms with Gasteiger partial charge in [-0.05, 0) is 72.4 Å². The first-order chi connectivity index (χ1) is 24.2. The summed E-state index contributed by atoms with van der Waals surface area (Å²) in [6, 6.07) is 16.7. The van der Waals surface area contributed by atoms with E-state index in [1.165, 1.54) is 7.11 Å². The number of nitrogens with zero attached hydrogens (tertiary/aromatic N) is 3. The number of likely N-dealkylation sites (N-methyl/N-ethyl adjacent to an activating group) is 2. The van der Waals surface area contributed by atoms with Crippen molar-refractivity contribution in [3.8, 4) is 22.4 Å². The molecule has 2 aromatic carbocycles. The highest BCUT2D eigenvalue weighted by Crippen LogP contribution is 2.49. The number of H-pyrrole nitrogens is 1. The van der Waals surface area contributed by atoms with Gasteiger partial charge in [-0.2, -0.15) is 0 Å². The number of carbonyl (C=O) groups excluding carboxylic acids is 3. The first-order valence-electron chi connectivity index (χ1n) is 17.6. The Bertz CT molecular complexity index is 1640. The number of nitrogens with two attached hydrogens (primary N) is 1. The highest BCUT2D eigenvalue weighted by Gasteiger charge is 2.49. The van der Waals surface area contributed by atoms with E-state index in [1.54, 1.807) is 7.05 Å². The molecule has 3 amide bonds. The number of aromatic amines is 1. The highest BCUT2D eigenvalue weighted by molar-refractivity contribution is 5.84. The molecule has 1 aromatic heterocycles. The summed E-state index contributed by atoms with van der Waals surface area (Å²) < 4.78 is 4.64. The molecule has 0 radical (unpaired) electrons. The summed E-state index contributed by atoms with van der Waals surface area (Å²) in [5, 5.41) is 8.69. The van der Waals surface area contributed by atoms with Crippen molar-refractivity contribution in [2.75, 3.05) is 41.0 Å². The Kier molecular flexibility index (Phi) is 12.3. The summed E-state index contributed by atoms with van der Waals surface area (Å²) in [5.74, 6) is 1.26. The van der Waals surface area contributed by atoms with Gasteiger partial charge in [0.15, 0.2) is 0 Å². The predicted octanol–water partition coefficient (Wildman–Crippen LogP) is 4.48. The van der Waals surface area contributed by atoms with Crippen LogP contribution in [0.25, 0.3) is 28.0 Å². The summed E-state index contributed by atoms with van der Waals surface area (Å²) >= 11 is 0. The lowest BCUT2D eigenvalue weighted by atomic mass is 9.86. The van der Waals surface area contributed by atoms with Gasteiger partial charge in [-0.3, -0.25) is 9.59 Å². The average molecular weight is 685 g/mol. The molecule has 1 saturated heterocycles. The van der Waals surface area contributed by atoms with E-state index in [0.29, 0.717) is 12.6 Å². The van der Waals surface area contributed by atoms with Crippen LogP contribution in [0, 0.1) is 11.8 Å². The summed E-state index contributed by atoms with van der Waals surface area (Å²) in [6.45, 7) is 4.83. The van der Waals surface area contributed by atoms with Crippen molar-refractivity contribution in [3.05, 3.63) is 72.3 Å². The van der Waals surface area contributed by atoms with Crippen LogP contribution in [0.2, 0.25) is 0 Å². The fraction of sp³-hybridized carbons (Fsp3) is 0.474. The van der Waals surface area contributed by atoms with Gasteiger partial charge < -0.3 is 41.2 Å². The Morgan fingerprint density at radius 3 is 2.40 bits per heavy atom. The minimum Gasteiger partial charge on any atom is -0.453 e. The van der Waals surface area contributed by atoms with Gasteiger partial charge in [-0.25, -0.2) is 9.78 Å². The van der Waals surface area contributed by atoms with Crippen LogP contribution in [0.3, 0.4) is 0 Å². The Balaban J connectivity index is 1.33. The van der Waals surface area contributed by atoms with E-state index in [1.807, 2.05) is 29.2 Å². The zero-order valence-corrected chi connectivity index (χ0v) is 29.9. The van der Waals surface area contributed by atoms with Crippen molar-refractivity contribution in [1.82, 2.24) is 35.7 Å². The Hall–Kier alpha value is -4.68. The van der Waals surface area contributed by atoms with E-state index < -0.39 is 6.09 Å². The molecular weight excluding hydrogens is 632 g/mol. The maximum Gasteiger partial charge on any atom is 0.407 e. The molecule has 268 valence electrons. The van der Waals surface area contributed by atoms with E-state index in [0.717, 1.165) is 71.4 Å². The Labute approximate surface area is 295 Å². The number of alkyl carbamates (subject to hydrolysis) is 1. The minimum atomic E-state index is -0.618. The van der Waals surface area contributed by atoms with Gasteiger partial charge in [-0.15, -0.1) is 0 Å². The second-order valence-corrected chi connectivity index (χ2v) is 13.4. The molecule has 5 atom stereocenters. The molecule has 1 aliphatic heterocycles. The molecule has 3 aromatic rings. The summed E-state index contributed by atoms with van der Waals surface area (Å²) in [4.78, 5) is 49.7. The number of hydrogen-bond donors (Lipinski definition) is 5. The van der Waals surface area contributed by atoms with Crippen LogP contribution in [0.4, 0.5) is 4.79 Å². The summed E-state index contributed by atoms with van der Waals surface area (Å²) in [5.41, 5.74) is 11.9. The molecule has 2 aliphatic rings. The third kappa shape index (κ3) is 8.03. The molecule has 0 spiro atoms. The van der Waals surface area contributed by atoms with Gasteiger partial charge in [0.05, 0.1) is 44.3 Å². The molecule has 1 saturated carbocycles. The molecule has 2 bridgehead atoms. The fourth-order valence-corrected chi connectivity index (χ4v) is 7.79. The number of benzene rings is 2. The smallest absolute Gasteiger partial charge is 0.407 e. The van der Waals surface area contributed by atoms with Crippen LogP contribution in [0.15, 0.2) is 60.9 Å². The van der Waals surface area contributed by atoms with Crippen LogP contribution < -0.4 is 21.7 Å². The number of carbonyl (C=O) groups is 3. The van der Waals surface area contributed by atoms with Crippen molar-refractivity contribution in [2.45, 2.75) is 64.1 Å². The number of nitrogens with one attached hydrogen (secondary N) is 4. The van der Waals surface area contributed by atoms with Gasteiger partial charge in [0.2, 0.25) is 11.8 Å². The van der Waals surface area contributed by atoms with E-state index in [2.05, 4.69) is 88.0 Å². The molecular formula is C38H52N8O4. The van der Waals surface area contributed by atoms with Crippen LogP contribution in [0.5, 0.6) is 0 Å². The van der Waals surface area contributed by atoms with Crippen LogP contribution in [-0.4, -0.2) is 90.7 Å². The molecule has 1 aliphatic carbocycles. The molecule has 12 heteroatoms. The van der Waals surface area contributed by atoms with Crippen molar-refractivity contribution in [3.63, 3.8) is 0 Å². The lowest BCUT2D eigenvalue weighted by Crippen LogP contribution is -2.45. The minimum absolute atomic E-state index is 0.0365. The maximum absolute atomic E-state index is 13.1. The molecule has 1 unspecified atom stereocenters. The number of rotatable bonds is 15. The van der Waals surface area contributed by atoms with E-state index in [4.69, 9.17) is 10.7 Å². The highest BCUT2D eigenvalue weighted by atomic mass is 16.5. The lowest BCUT2D eigenvalue weighted by molar-refractivity contribution is -0.135. The molecule has 2 fully saturated rings. The standard InChI is InChI=1S/C38H52N8O4/c1-6-7-24(2)35(45(4)33(47)21-40-3)31(19-41-23-39)27-12-8-25(9-13-27)26-10-14-28(15-11-26)32-20-42-37(44-32)36-29-16-17-30(18-29)46(36)34(48)22-43-38(49)50-5/h8-15,19-20,24,29-30,35-36,40-41H,6-7,16-18,21-23,39H2,1-5H3,(H,42,44)(H,43,49)/b31-19-/t24-,29+,30-,35+,36?/m1/s1. The van der Waals surface area contributed by atoms with E-state index in [-0.39, 0.29) is 48.9 Å². The monoisotopic (exact) mass is 684 g/mol. The second-order valence-electron chi connectivity index (χ2n) is 13.4. The number of aromatic nitrogens is 2. The van der Waals surface area contributed by atoms with E-state index in [9.17, 15) is 14.4 Å². The molecule has 2 heterocycles. The number of methoxy groups -OCH3 is 1. The molecule has 5 rings (SSSR count). The van der Waals surface area contributed by atoms with E-state index >= 15 is 0 Å². The number of amides is 3. The first-order valence-corrected chi connectivity index (χ1v) is 17.6. The summed E-state index contributed by atoms with van der Waals surface area (Å²) in [6.07, 6.45) is 8.14. The Morgan fingerprint density at radius 1 is 1.08 bits per heavy atom. The third-order valence-corrected chi connectivity index (χ3v) is 10.2. The van der Waals surface area contributed by atoms with Crippen LogP contribution in [0.1, 0.15) is 63.4 Å². The third-order valence-electron chi connectivity index (χ3n) is 10.2. The lowest BCUT2D eigenvalue weighted by Gasteiger charge is -2.35. The predicted molar refractivity (Wildman–Crippen MR) is 195 cm³/mol. The number of ether oxygens (including phenoxy) is 1. The largest absolute Gasteiger partial charge is 0.453 e. The number of likely N-dealkylation sites (tertiary alicyclic amines) is 1. The van der Waals surface area contributed by atoms with Crippen molar-refractivity contribution in [2.24, 2.45) is 17.6 Å². The number of fused-ring (bicyclic) bond motifs is 2. The van der Waals surface area contributed by atoms with Crippen LogP contribution in [-0.2, 0) is 14.3 Å². The number of piperidine rings is 1. The summed E-state index contributed by atoms with van der Waals surface area (Å²) in [7, 11) is 4.95. The molecule has 12 nitrogen and oxygen atoms in total. The zero-order valence-electron chi connectivity index (χ0n) is 29.9. The quantitative estimate of drug-likeness (QED) is 0.147. The molecule has 50 heavy (non-hydrogen) atoms. The second kappa shape index (κ2) is 16.8.